The highest BCUT2D eigenvalue weighted by atomic mass is 19.1. The van der Waals surface area contributed by atoms with Crippen LogP contribution in [0.5, 0.6) is 0 Å². The molecule has 1 rings (SSSR count). The molecule has 0 saturated heterocycles. The van der Waals surface area contributed by atoms with Gasteiger partial charge in [-0.25, -0.2) is 4.39 Å². The fourth-order valence-corrected chi connectivity index (χ4v) is 0.848. The van der Waals surface area contributed by atoms with E-state index in [4.69, 9.17) is 5.73 Å². The molecule has 1 nitrogen and oxygen atoms in total. The molecule has 0 unspecified atom stereocenters. The molecule has 0 bridgehead atoms. The first-order valence-electron chi connectivity index (χ1n) is 3.15. The first-order valence-corrected chi connectivity index (χ1v) is 3.15. The van der Waals surface area contributed by atoms with Crippen molar-refractivity contribution < 1.29 is 4.39 Å². The minimum Gasteiger partial charge on any atom is -0.399 e. The summed E-state index contributed by atoms with van der Waals surface area (Å²) < 4.78 is 12.1. The molecule has 0 aliphatic rings. The molecule has 1 aromatic rings. The molecule has 0 aliphatic carbocycles. The van der Waals surface area contributed by atoms with Gasteiger partial charge in [-0.2, -0.15) is 0 Å². The largest absolute Gasteiger partial charge is 0.399 e. The Hall–Kier alpha value is -1.05. The summed E-state index contributed by atoms with van der Waals surface area (Å²) in [5.74, 6) is 0. The van der Waals surface area contributed by atoms with E-state index in [1.165, 1.54) is 0 Å². The standard InChI is InChI=1S/C8H10FN/c1-6-7(5-9)3-2-4-8(6)10/h2-4H,5,10H2,1H3. The number of hydrogen-bond acceptors (Lipinski definition) is 1. The normalized spacial score (nSPS) is 9.80. The maximum absolute atomic E-state index is 12.1. The second-order valence-electron chi connectivity index (χ2n) is 2.26. The number of rotatable bonds is 1. The van der Waals surface area contributed by atoms with Gasteiger partial charge in [-0.05, 0) is 24.1 Å². The van der Waals surface area contributed by atoms with E-state index in [9.17, 15) is 4.39 Å². The summed E-state index contributed by atoms with van der Waals surface area (Å²) in [7, 11) is 0. The monoisotopic (exact) mass is 139 g/mol. The Morgan fingerprint density at radius 1 is 1.50 bits per heavy atom. The number of nitrogen functional groups attached to an aromatic ring is 1. The van der Waals surface area contributed by atoms with Crippen LogP contribution in [0.25, 0.3) is 0 Å². The average Bonchev–Trinajstić information content (AvgIpc) is 1.95. The number of anilines is 1. The minimum atomic E-state index is -0.434. The quantitative estimate of drug-likeness (QED) is 0.592. The van der Waals surface area contributed by atoms with Crippen LogP contribution in [0, 0.1) is 6.92 Å². The van der Waals surface area contributed by atoms with Gasteiger partial charge in [0.2, 0.25) is 0 Å². The van der Waals surface area contributed by atoms with Gasteiger partial charge in [0.15, 0.2) is 0 Å². The number of alkyl halides is 1. The molecule has 0 fully saturated rings. The molecule has 0 saturated carbocycles. The van der Waals surface area contributed by atoms with E-state index >= 15 is 0 Å². The summed E-state index contributed by atoms with van der Waals surface area (Å²) >= 11 is 0. The van der Waals surface area contributed by atoms with Crippen molar-refractivity contribution in [2.75, 3.05) is 5.73 Å². The summed E-state index contributed by atoms with van der Waals surface area (Å²) in [5, 5.41) is 0. The number of nitrogens with two attached hydrogens (primary N) is 1. The lowest BCUT2D eigenvalue weighted by molar-refractivity contribution is 0.484. The fourth-order valence-electron chi connectivity index (χ4n) is 0.848. The van der Waals surface area contributed by atoms with Gasteiger partial charge in [0, 0.05) is 5.69 Å². The van der Waals surface area contributed by atoms with Gasteiger partial charge in [-0.3, -0.25) is 0 Å². The highest BCUT2D eigenvalue weighted by Gasteiger charge is 1.98. The molecule has 54 valence electrons. The molecular weight excluding hydrogens is 129 g/mol. The van der Waals surface area contributed by atoms with Crippen LogP contribution in [-0.4, -0.2) is 0 Å². The van der Waals surface area contributed by atoms with Crippen molar-refractivity contribution >= 4 is 5.69 Å². The SMILES string of the molecule is Cc1c(N)cccc1CF. The molecule has 0 spiro atoms. The van der Waals surface area contributed by atoms with Crippen LogP contribution < -0.4 is 5.73 Å². The Kier molecular flexibility index (Phi) is 1.90. The van der Waals surface area contributed by atoms with Crippen molar-refractivity contribution in [2.45, 2.75) is 13.6 Å². The number of halogens is 1. The van der Waals surface area contributed by atoms with E-state index in [1.807, 2.05) is 6.92 Å². The molecule has 2 heteroatoms. The lowest BCUT2D eigenvalue weighted by Crippen LogP contribution is -1.92. The molecule has 10 heavy (non-hydrogen) atoms. The van der Waals surface area contributed by atoms with E-state index in [0.717, 1.165) is 5.56 Å². The zero-order valence-electron chi connectivity index (χ0n) is 5.89. The third-order valence-electron chi connectivity index (χ3n) is 1.63. The van der Waals surface area contributed by atoms with Gasteiger partial charge < -0.3 is 5.73 Å². The van der Waals surface area contributed by atoms with Crippen LogP contribution in [0.4, 0.5) is 10.1 Å². The predicted octanol–water partition coefficient (Wildman–Crippen LogP) is 2.05. The van der Waals surface area contributed by atoms with Gasteiger partial charge in [0.25, 0.3) is 0 Å². The zero-order valence-corrected chi connectivity index (χ0v) is 5.89. The summed E-state index contributed by atoms with van der Waals surface area (Å²) in [6.45, 7) is 1.39. The Labute approximate surface area is 59.7 Å². The molecule has 0 aromatic heterocycles. The van der Waals surface area contributed by atoms with E-state index in [-0.39, 0.29) is 0 Å². The highest BCUT2D eigenvalue weighted by Crippen LogP contribution is 2.15. The molecule has 0 heterocycles. The Morgan fingerprint density at radius 2 is 2.20 bits per heavy atom. The van der Waals surface area contributed by atoms with Gasteiger partial charge in [0.1, 0.15) is 6.67 Å². The van der Waals surface area contributed by atoms with Crippen molar-refractivity contribution in [3.05, 3.63) is 29.3 Å². The third kappa shape index (κ3) is 1.10. The molecule has 0 aliphatic heterocycles. The van der Waals surface area contributed by atoms with Crippen LogP contribution >= 0.6 is 0 Å². The molecule has 1 aromatic carbocycles. The second-order valence-corrected chi connectivity index (χ2v) is 2.26. The number of hydrogen-bond donors (Lipinski definition) is 1. The average molecular weight is 139 g/mol. The van der Waals surface area contributed by atoms with E-state index in [0.29, 0.717) is 11.3 Å². The van der Waals surface area contributed by atoms with Crippen LogP contribution in [0.3, 0.4) is 0 Å². The van der Waals surface area contributed by atoms with E-state index < -0.39 is 6.67 Å². The summed E-state index contributed by atoms with van der Waals surface area (Å²) in [6, 6.07) is 5.28. The first kappa shape index (κ1) is 7.06. The second kappa shape index (κ2) is 2.69. The third-order valence-corrected chi connectivity index (χ3v) is 1.63. The van der Waals surface area contributed by atoms with E-state index in [2.05, 4.69) is 0 Å². The van der Waals surface area contributed by atoms with Gasteiger partial charge in [0.05, 0.1) is 0 Å². The van der Waals surface area contributed by atoms with Crippen molar-refractivity contribution in [2.24, 2.45) is 0 Å². The van der Waals surface area contributed by atoms with Crippen LogP contribution in [-0.2, 0) is 6.67 Å². The topological polar surface area (TPSA) is 26.0 Å². The molecular formula is C8H10FN. The number of benzene rings is 1. The van der Waals surface area contributed by atoms with Crippen LogP contribution in [0.1, 0.15) is 11.1 Å². The fraction of sp³-hybridized carbons (Fsp3) is 0.250. The lowest BCUT2D eigenvalue weighted by Gasteiger charge is -2.02. The molecule has 0 radical (unpaired) electrons. The van der Waals surface area contributed by atoms with Crippen molar-refractivity contribution in [3.8, 4) is 0 Å². The van der Waals surface area contributed by atoms with Crippen LogP contribution in [0.2, 0.25) is 0 Å². The van der Waals surface area contributed by atoms with Crippen molar-refractivity contribution in [1.82, 2.24) is 0 Å². The zero-order chi connectivity index (χ0) is 7.56. The van der Waals surface area contributed by atoms with Crippen LogP contribution in [0.15, 0.2) is 18.2 Å². The van der Waals surface area contributed by atoms with Gasteiger partial charge in [-0.1, -0.05) is 12.1 Å². The molecule has 0 amide bonds. The Balaban J connectivity index is 3.14. The molecule has 2 N–H and O–H groups in total. The molecule has 0 atom stereocenters. The van der Waals surface area contributed by atoms with Crippen molar-refractivity contribution in [3.63, 3.8) is 0 Å². The Bertz CT molecular complexity index is 233. The lowest BCUT2D eigenvalue weighted by atomic mass is 10.1. The summed E-state index contributed by atoms with van der Waals surface area (Å²) in [6.07, 6.45) is 0. The minimum absolute atomic E-state index is 0.434. The first-order chi connectivity index (χ1) is 4.75. The maximum Gasteiger partial charge on any atom is 0.115 e. The summed E-state index contributed by atoms with van der Waals surface area (Å²) in [4.78, 5) is 0. The van der Waals surface area contributed by atoms with Gasteiger partial charge >= 0.3 is 0 Å². The highest BCUT2D eigenvalue weighted by molar-refractivity contribution is 5.49. The maximum atomic E-state index is 12.1. The van der Waals surface area contributed by atoms with E-state index in [1.54, 1.807) is 18.2 Å². The summed E-state index contributed by atoms with van der Waals surface area (Å²) in [5.41, 5.74) is 7.72. The Morgan fingerprint density at radius 3 is 2.70 bits per heavy atom. The predicted molar refractivity (Wildman–Crippen MR) is 40.4 cm³/mol. The van der Waals surface area contributed by atoms with Gasteiger partial charge in [-0.15, -0.1) is 0 Å². The smallest absolute Gasteiger partial charge is 0.115 e. The van der Waals surface area contributed by atoms with Crippen molar-refractivity contribution in [1.29, 1.82) is 0 Å².